The van der Waals surface area contributed by atoms with Crippen LogP contribution in [0.5, 0.6) is 0 Å². The smallest absolute Gasteiger partial charge is 0.230 e. The van der Waals surface area contributed by atoms with E-state index in [1.54, 1.807) is 23.1 Å². The van der Waals surface area contributed by atoms with Gasteiger partial charge >= 0.3 is 0 Å². The van der Waals surface area contributed by atoms with Gasteiger partial charge in [0.05, 0.1) is 10.8 Å². The van der Waals surface area contributed by atoms with Gasteiger partial charge in [0.1, 0.15) is 0 Å². The first-order chi connectivity index (χ1) is 12.2. The molecule has 5 heteroatoms. The molecule has 0 aliphatic carbocycles. The van der Waals surface area contributed by atoms with Crippen molar-refractivity contribution in [2.45, 2.75) is 31.1 Å². The molecular formula is C20H22N2OS2. The van der Waals surface area contributed by atoms with E-state index >= 15 is 0 Å². The van der Waals surface area contributed by atoms with Gasteiger partial charge < -0.3 is 5.32 Å². The largest absolute Gasteiger partial charge is 0.355 e. The fourth-order valence-corrected chi connectivity index (χ4v) is 4.20. The molecule has 130 valence electrons. The predicted octanol–water partition coefficient (Wildman–Crippen LogP) is 4.84. The summed E-state index contributed by atoms with van der Waals surface area (Å²) in [7, 11) is 0. The standard InChI is InChI=1S/C20H22N2OS2/c1-15-13-25-20(22-15)8-4-5-11-21-19(23)14-24-18-10-9-16-6-2-3-7-17(16)12-18/h2-3,6-7,9-10,12-13H,4-5,8,11,14H2,1H3,(H,21,23). The summed E-state index contributed by atoms with van der Waals surface area (Å²) in [5.41, 5.74) is 1.10. The number of nitrogens with one attached hydrogen (secondary N) is 1. The molecule has 0 bridgehead atoms. The Bertz CT molecular complexity index is 844. The third-order valence-corrected chi connectivity index (χ3v) is 5.92. The highest BCUT2D eigenvalue weighted by Crippen LogP contribution is 2.23. The number of rotatable bonds is 8. The van der Waals surface area contributed by atoms with Gasteiger partial charge in [-0.15, -0.1) is 23.1 Å². The van der Waals surface area contributed by atoms with Crippen LogP contribution < -0.4 is 5.32 Å². The van der Waals surface area contributed by atoms with Crippen molar-refractivity contribution < 1.29 is 4.79 Å². The van der Waals surface area contributed by atoms with Crippen LogP contribution in [0, 0.1) is 6.92 Å². The van der Waals surface area contributed by atoms with Crippen molar-refractivity contribution in [3.63, 3.8) is 0 Å². The zero-order valence-electron chi connectivity index (χ0n) is 14.3. The van der Waals surface area contributed by atoms with Gasteiger partial charge in [0.15, 0.2) is 0 Å². The Balaban J connectivity index is 1.34. The van der Waals surface area contributed by atoms with Crippen molar-refractivity contribution in [3.05, 3.63) is 58.5 Å². The Morgan fingerprint density at radius 3 is 2.80 bits per heavy atom. The van der Waals surface area contributed by atoms with Crippen molar-refractivity contribution in [2.24, 2.45) is 0 Å². The Hall–Kier alpha value is -1.85. The van der Waals surface area contributed by atoms with E-state index in [0.29, 0.717) is 5.75 Å². The second-order valence-electron chi connectivity index (χ2n) is 5.99. The average molecular weight is 371 g/mol. The molecule has 1 amide bonds. The highest BCUT2D eigenvalue weighted by atomic mass is 32.2. The maximum Gasteiger partial charge on any atom is 0.230 e. The molecule has 0 aliphatic rings. The third-order valence-electron chi connectivity index (χ3n) is 3.90. The van der Waals surface area contributed by atoms with E-state index in [-0.39, 0.29) is 5.91 Å². The number of aryl methyl sites for hydroxylation is 2. The predicted molar refractivity (Wildman–Crippen MR) is 107 cm³/mol. The van der Waals surface area contributed by atoms with E-state index in [1.807, 2.05) is 19.1 Å². The lowest BCUT2D eigenvalue weighted by molar-refractivity contribution is -0.118. The minimum Gasteiger partial charge on any atom is -0.355 e. The van der Waals surface area contributed by atoms with Gasteiger partial charge in [0.25, 0.3) is 0 Å². The van der Waals surface area contributed by atoms with Gasteiger partial charge in [-0.1, -0.05) is 30.3 Å². The SMILES string of the molecule is Cc1csc(CCCCNC(=O)CSc2ccc3ccccc3c2)n1. The zero-order chi connectivity index (χ0) is 17.5. The zero-order valence-corrected chi connectivity index (χ0v) is 16.0. The number of fused-ring (bicyclic) bond motifs is 1. The summed E-state index contributed by atoms with van der Waals surface area (Å²) >= 11 is 3.30. The van der Waals surface area contributed by atoms with E-state index in [0.717, 1.165) is 36.4 Å². The normalized spacial score (nSPS) is 10.9. The monoisotopic (exact) mass is 370 g/mol. The number of thioether (sulfide) groups is 1. The van der Waals surface area contributed by atoms with E-state index in [4.69, 9.17) is 0 Å². The molecule has 2 aromatic carbocycles. The number of hydrogen-bond donors (Lipinski definition) is 1. The fourth-order valence-electron chi connectivity index (χ4n) is 2.60. The van der Waals surface area contributed by atoms with E-state index in [1.165, 1.54) is 15.8 Å². The summed E-state index contributed by atoms with van der Waals surface area (Å²) < 4.78 is 0. The summed E-state index contributed by atoms with van der Waals surface area (Å²) in [6.45, 7) is 2.76. The van der Waals surface area contributed by atoms with Gasteiger partial charge in [-0.25, -0.2) is 4.98 Å². The summed E-state index contributed by atoms with van der Waals surface area (Å²) in [5.74, 6) is 0.563. The van der Waals surface area contributed by atoms with Crippen LogP contribution in [0.2, 0.25) is 0 Å². The average Bonchev–Trinajstić information content (AvgIpc) is 3.04. The Labute approximate surface area is 156 Å². The summed E-state index contributed by atoms with van der Waals surface area (Å²) in [5, 5.41) is 8.72. The number of carbonyl (C=O) groups is 1. The van der Waals surface area contributed by atoms with Gasteiger partial charge in [0, 0.05) is 22.5 Å². The van der Waals surface area contributed by atoms with E-state index in [2.05, 4.69) is 46.0 Å². The van der Waals surface area contributed by atoms with Crippen LogP contribution in [0.15, 0.2) is 52.7 Å². The molecule has 0 saturated carbocycles. The Kier molecular flexibility index (Phi) is 6.48. The molecule has 0 radical (unpaired) electrons. The molecule has 3 rings (SSSR count). The van der Waals surface area contributed by atoms with Crippen LogP contribution in [0.3, 0.4) is 0 Å². The summed E-state index contributed by atoms with van der Waals surface area (Å²) in [6.07, 6.45) is 3.05. The van der Waals surface area contributed by atoms with Crippen molar-refractivity contribution >= 4 is 39.8 Å². The van der Waals surface area contributed by atoms with Gasteiger partial charge in [-0.3, -0.25) is 4.79 Å². The molecule has 0 fully saturated rings. The van der Waals surface area contributed by atoms with Gasteiger partial charge in [-0.2, -0.15) is 0 Å². The van der Waals surface area contributed by atoms with Crippen LogP contribution in [-0.4, -0.2) is 23.2 Å². The number of carbonyl (C=O) groups excluding carboxylic acids is 1. The van der Waals surface area contributed by atoms with Crippen molar-refractivity contribution in [1.82, 2.24) is 10.3 Å². The quantitative estimate of drug-likeness (QED) is 0.456. The number of unbranched alkanes of at least 4 members (excludes halogenated alkanes) is 1. The van der Waals surface area contributed by atoms with Crippen LogP contribution in [0.25, 0.3) is 10.8 Å². The highest BCUT2D eigenvalue weighted by molar-refractivity contribution is 8.00. The van der Waals surface area contributed by atoms with Crippen LogP contribution >= 0.6 is 23.1 Å². The fraction of sp³-hybridized carbons (Fsp3) is 0.300. The molecule has 0 aliphatic heterocycles. The molecule has 3 aromatic rings. The first-order valence-electron chi connectivity index (χ1n) is 8.50. The molecule has 25 heavy (non-hydrogen) atoms. The molecule has 0 saturated heterocycles. The second-order valence-corrected chi connectivity index (χ2v) is 7.98. The van der Waals surface area contributed by atoms with Crippen molar-refractivity contribution in [2.75, 3.05) is 12.3 Å². The number of hydrogen-bond acceptors (Lipinski definition) is 4. The lowest BCUT2D eigenvalue weighted by Crippen LogP contribution is -2.26. The van der Waals surface area contributed by atoms with Crippen LogP contribution in [0.4, 0.5) is 0 Å². The molecular weight excluding hydrogens is 348 g/mol. The molecule has 1 heterocycles. The van der Waals surface area contributed by atoms with E-state index in [9.17, 15) is 4.79 Å². The summed E-state index contributed by atoms with van der Waals surface area (Å²) in [6, 6.07) is 14.6. The number of aromatic nitrogens is 1. The number of amides is 1. The lowest BCUT2D eigenvalue weighted by Gasteiger charge is -2.06. The van der Waals surface area contributed by atoms with Crippen LogP contribution in [-0.2, 0) is 11.2 Å². The van der Waals surface area contributed by atoms with Crippen molar-refractivity contribution in [3.8, 4) is 0 Å². The van der Waals surface area contributed by atoms with E-state index < -0.39 is 0 Å². The minimum atomic E-state index is 0.100. The maximum absolute atomic E-state index is 12.0. The molecule has 1 aromatic heterocycles. The number of benzene rings is 2. The van der Waals surface area contributed by atoms with Gasteiger partial charge in [0.2, 0.25) is 5.91 Å². The molecule has 0 atom stereocenters. The van der Waals surface area contributed by atoms with Crippen LogP contribution in [0.1, 0.15) is 23.5 Å². The highest BCUT2D eigenvalue weighted by Gasteiger charge is 2.04. The molecule has 1 N–H and O–H groups in total. The first-order valence-corrected chi connectivity index (χ1v) is 10.4. The van der Waals surface area contributed by atoms with Crippen molar-refractivity contribution in [1.29, 1.82) is 0 Å². The number of thiazole rings is 1. The topological polar surface area (TPSA) is 42.0 Å². The first kappa shape index (κ1) is 18.0. The molecule has 0 unspecified atom stereocenters. The Morgan fingerprint density at radius 1 is 1.16 bits per heavy atom. The van der Waals surface area contributed by atoms with Gasteiger partial charge in [-0.05, 0) is 49.1 Å². The Morgan fingerprint density at radius 2 is 2.00 bits per heavy atom. The minimum absolute atomic E-state index is 0.100. The molecule has 3 nitrogen and oxygen atoms in total. The summed E-state index contributed by atoms with van der Waals surface area (Å²) in [4.78, 5) is 17.6. The maximum atomic E-state index is 12.0. The third kappa shape index (κ3) is 5.58. The molecule has 0 spiro atoms. The lowest BCUT2D eigenvalue weighted by atomic mass is 10.1. The number of nitrogens with zero attached hydrogens (tertiary/aromatic N) is 1. The second kappa shape index (κ2) is 9.02.